The van der Waals surface area contributed by atoms with Gasteiger partial charge in [0.1, 0.15) is 11.1 Å². The molecule has 5 rings (SSSR count). The smallest absolute Gasteiger partial charge is 0.297 e. The molecule has 30 heavy (non-hydrogen) atoms. The van der Waals surface area contributed by atoms with Crippen molar-refractivity contribution in [2.45, 2.75) is 25.8 Å². The molecule has 1 amide bonds. The van der Waals surface area contributed by atoms with Gasteiger partial charge < -0.3 is 4.42 Å². The van der Waals surface area contributed by atoms with Crippen LogP contribution in [0.4, 0.5) is 5.13 Å². The number of benzene rings is 2. The molecule has 0 N–H and O–H groups in total. The number of rotatable bonds is 3. The molecule has 0 saturated heterocycles. The molecule has 1 atom stereocenters. The van der Waals surface area contributed by atoms with E-state index in [0.717, 1.165) is 5.56 Å². The van der Waals surface area contributed by atoms with Crippen LogP contribution in [-0.2, 0) is 0 Å². The molecule has 0 fully saturated rings. The minimum atomic E-state index is -0.652. The van der Waals surface area contributed by atoms with Crippen LogP contribution in [-0.4, -0.2) is 16.1 Å². The normalized spacial score (nSPS) is 15.9. The molecule has 1 aliphatic heterocycles. The van der Waals surface area contributed by atoms with Crippen molar-refractivity contribution >= 4 is 44.9 Å². The molecule has 0 bridgehead atoms. The van der Waals surface area contributed by atoms with E-state index in [4.69, 9.17) is 16.0 Å². The largest absolute Gasteiger partial charge is 0.450 e. The lowest BCUT2D eigenvalue weighted by molar-refractivity contribution is 0.0970. The van der Waals surface area contributed by atoms with Crippen molar-refractivity contribution in [2.24, 2.45) is 0 Å². The Morgan fingerprint density at radius 2 is 1.90 bits per heavy atom. The van der Waals surface area contributed by atoms with Crippen LogP contribution >= 0.6 is 22.9 Å². The molecule has 4 aromatic rings. The van der Waals surface area contributed by atoms with E-state index in [1.54, 1.807) is 23.7 Å². The third-order valence-electron chi connectivity index (χ3n) is 5.31. The molecule has 1 unspecified atom stereocenters. The Morgan fingerprint density at radius 3 is 2.57 bits per heavy atom. The molecule has 3 heterocycles. The standard InChI is InChI=1S/C22H16ClN3O3S/c1-11(2)12-3-5-13(6-4-12)18-17-19(27)15-9-14(23)7-8-16(15)29-20(17)21(28)26(18)22-25-24-10-30-22/h3-11,18H,1-2H3. The number of fused-ring (bicyclic) bond motifs is 2. The second kappa shape index (κ2) is 7.04. The van der Waals surface area contributed by atoms with E-state index in [9.17, 15) is 9.59 Å². The Morgan fingerprint density at radius 1 is 1.13 bits per heavy atom. The van der Waals surface area contributed by atoms with Gasteiger partial charge in [-0.3, -0.25) is 14.5 Å². The highest BCUT2D eigenvalue weighted by Gasteiger charge is 2.44. The average molecular weight is 438 g/mol. The van der Waals surface area contributed by atoms with Gasteiger partial charge in [0.2, 0.25) is 10.9 Å². The first kappa shape index (κ1) is 19.0. The third-order valence-corrected chi connectivity index (χ3v) is 6.23. The monoisotopic (exact) mass is 437 g/mol. The molecule has 6 nitrogen and oxygen atoms in total. The average Bonchev–Trinajstić information content (AvgIpc) is 3.35. The second-order valence-electron chi connectivity index (χ2n) is 7.43. The van der Waals surface area contributed by atoms with Crippen molar-refractivity contribution < 1.29 is 9.21 Å². The summed E-state index contributed by atoms with van der Waals surface area (Å²) in [5.41, 5.74) is 3.87. The summed E-state index contributed by atoms with van der Waals surface area (Å²) in [7, 11) is 0. The van der Waals surface area contributed by atoms with Gasteiger partial charge in [-0.25, -0.2) is 0 Å². The van der Waals surface area contributed by atoms with Crippen molar-refractivity contribution in [3.8, 4) is 0 Å². The van der Waals surface area contributed by atoms with Gasteiger partial charge in [-0.2, -0.15) is 0 Å². The quantitative estimate of drug-likeness (QED) is 0.442. The fourth-order valence-corrected chi connectivity index (χ4v) is 4.55. The van der Waals surface area contributed by atoms with E-state index in [-0.39, 0.29) is 11.2 Å². The van der Waals surface area contributed by atoms with Crippen molar-refractivity contribution in [3.63, 3.8) is 0 Å². The molecule has 8 heteroatoms. The molecule has 0 radical (unpaired) electrons. The highest BCUT2D eigenvalue weighted by Crippen LogP contribution is 2.41. The summed E-state index contributed by atoms with van der Waals surface area (Å²) in [6, 6.07) is 12.1. The van der Waals surface area contributed by atoms with Crippen LogP contribution in [0.25, 0.3) is 11.0 Å². The Balaban J connectivity index is 1.78. The van der Waals surface area contributed by atoms with Gasteiger partial charge in [-0.15, -0.1) is 10.2 Å². The lowest BCUT2D eigenvalue weighted by Crippen LogP contribution is -2.29. The Labute approximate surface area is 180 Å². The fraction of sp³-hybridized carbons (Fsp3) is 0.182. The Hall–Kier alpha value is -3.03. The Bertz CT molecular complexity index is 1330. The molecule has 150 valence electrons. The van der Waals surface area contributed by atoms with Gasteiger partial charge in [0.15, 0.2) is 5.43 Å². The van der Waals surface area contributed by atoms with Gasteiger partial charge >= 0.3 is 0 Å². The molecule has 0 aliphatic carbocycles. The SMILES string of the molecule is CC(C)c1ccc(C2c3c(oc4ccc(Cl)cc4c3=O)C(=O)N2c2nncs2)cc1. The third kappa shape index (κ3) is 2.85. The second-order valence-corrected chi connectivity index (χ2v) is 8.68. The highest BCUT2D eigenvalue weighted by atomic mass is 35.5. The first-order valence-electron chi connectivity index (χ1n) is 9.41. The summed E-state index contributed by atoms with van der Waals surface area (Å²) in [5.74, 6) is -0.0106. The van der Waals surface area contributed by atoms with E-state index in [0.29, 0.717) is 32.6 Å². The van der Waals surface area contributed by atoms with Crippen LogP contribution in [0.2, 0.25) is 5.02 Å². The van der Waals surface area contributed by atoms with Crippen molar-refractivity contribution in [1.82, 2.24) is 10.2 Å². The van der Waals surface area contributed by atoms with E-state index < -0.39 is 11.9 Å². The number of hydrogen-bond donors (Lipinski definition) is 0. The molecule has 0 saturated carbocycles. The number of hydrogen-bond acceptors (Lipinski definition) is 6. The number of aromatic nitrogens is 2. The fourth-order valence-electron chi connectivity index (χ4n) is 3.79. The van der Waals surface area contributed by atoms with Crippen molar-refractivity contribution in [2.75, 3.05) is 4.90 Å². The van der Waals surface area contributed by atoms with Crippen molar-refractivity contribution in [1.29, 1.82) is 0 Å². The van der Waals surface area contributed by atoms with Crippen LogP contribution in [0.3, 0.4) is 0 Å². The van der Waals surface area contributed by atoms with Crippen LogP contribution < -0.4 is 10.3 Å². The van der Waals surface area contributed by atoms with Gasteiger partial charge in [0.05, 0.1) is 17.0 Å². The summed E-state index contributed by atoms with van der Waals surface area (Å²) in [4.78, 5) is 28.3. The maximum atomic E-state index is 13.5. The van der Waals surface area contributed by atoms with Crippen LogP contribution in [0, 0.1) is 0 Å². The number of carbonyl (C=O) groups is 1. The molecule has 2 aromatic carbocycles. The molecular weight excluding hydrogens is 422 g/mol. The van der Waals surface area contributed by atoms with E-state index in [1.807, 2.05) is 24.3 Å². The first-order valence-corrected chi connectivity index (χ1v) is 10.7. The van der Waals surface area contributed by atoms with Crippen LogP contribution in [0.5, 0.6) is 0 Å². The predicted octanol–water partition coefficient (Wildman–Crippen LogP) is 5.17. The van der Waals surface area contributed by atoms with E-state index in [2.05, 4.69) is 24.0 Å². The van der Waals surface area contributed by atoms with Crippen molar-refractivity contribution in [3.05, 3.63) is 85.7 Å². The summed E-state index contributed by atoms with van der Waals surface area (Å²) in [6.07, 6.45) is 0. The lowest BCUT2D eigenvalue weighted by atomic mass is 9.95. The van der Waals surface area contributed by atoms with Crippen LogP contribution in [0.15, 0.2) is 57.2 Å². The highest BCUT2D eigenvalue weighted by molar-refractivity contribution is 7.13. The summed E-state index contributed by atoms with van der Waals surface area (Å²) in [6.45, 7) is 4.23. The summed E-state index contributed by atoms with van der Waals surface area (Å²) < 4.78 is 5.90. The summed E-state index contributed by atoms with van der Waals surface area (Å²) in [5, 5.41) is 9.12. The summed E-state index contributed by atoms with van der Waals surface area (Å²) >= 11 is 7.34. The minimum absolute atomic E-state index is 0.0305. The van der Waals surface area contributed by atoms with Crippen LogP contribution in [0.1, 0.15) is 53.1 Å². The van der Waals surface area contributed by atoms with Gasteiger partial charge in [0, 0.05) is 5.02 Å². The maximum Gasteiger partial charge on any atom is 0.297 e. The molecular formula is C22H16ClN3O3S. The zero-order chi connectivity index (χ0) is 21.0. The zero-order valence-corrected chi connectivity index (χ0v) is 17.7. The molecule has 2 aromatic heterocycles. The molecule has 1 aliphatic rings. The minimum Gasteiger partial charge on any atom is -0.450 e. The molecule has 0 spiro atoms. The van der Waals surface area contributed by atoms with E-state index in [1.165, 1.54) is 21.8 Å². The number of carbonyl (C=O) groups excluding carboxylic acids is 1. The topological polar surface area (TPSA) is 76.3 Å². The van der Waals surface area contributed by atoms with Gasteiger partial charge in [0.25, 0.3) is 5.91 Å². The predicted molar refractivity (Wildman–Crippen MR) is 117 cm³/mol. The lowest BCUT2D eigenvalue weighted by Gasteiger charge is -2.22. The number of halogens is 1. The van der Waals surface area contributed by atoms with Gasteiger partial charge in [-0.05, 0) is 35.2 Å². The maximum absolute atomic E-state index is 13.5. The Kier molecular flexibility index (Phi) is 4.45. The number of amides is 1. The van der Waals surface area contributed by atoms with Gasteiger partial charge in [-0.1, -0.05) is 61.1 Å². The zero-order valence-electron chi connectivity index (χ0n) is 16.1. The number of anilines is 1. The number of nitrogens with zero attached hydrogens (tertiary/aromatic N) is 3. The first-order chi connectivity index (χ1) is 14.5. The van der Waals surface area contributed by atoms with E-state index >= 15 is 0 Å².